The molecule has 2 aliphatic heterocycles. The van der Waals surface area contributed by atoms with Crippen LogP contribution in [0.2, 0.25) is 5.02 Å². The van der Waals surface area contributed by atoms with Crippen LogP contribution in [0, 0.1) is 5.82 Å². The molecular weight excluding hydrogens is 471 g/mol. The maximum Gasteiger partial charge on any atom is 0.123 e. The first kappa shape index (κ1) is 24.2. The van der Waals surface area contributed by atoms with E-state index < -0.39 is 6.10 Å². The molecule has 5 rings (SSSR count). The van der Waals surface area contributed by atoms with Gasteiger partial charge in [-0.1, -0.05) is 41.9 Å². The van der Waals surface area contributed by atoms with Gasteiger partial charge in [0.2, 0.25) is 0 Å². The van der Waals surface area contributed by atoms with Crippen LogP contribution in [0.3, 0.4) is 0 Å². The normalized spacial score (nSPS) is 23.8. The van der Waals surface area contributed by atoms with Crippen molar-refractivity contribution in [3.8, 4) is 5.75 Å². The van der Waals surface area contributed by atoms with Crippen molar-refractivity contribution in [3.05, 3.63) is 99.3 Å². The van der Waals surface area contributed by atoms with Crippen LogP contribution < -0.4 is 4.74 Å². The molecular formula is C28H28ClFO5. The van der Waals surface area contributed by atoms with E-state index in [9.17, 15) is 14.6 Å². The molecule has 0 bridgehead atoms. The summed E-state index contributed by atoms with van der Waals surface area (Å²) in [7, 11) is 0. The minimum absolute atomic E-state index is 0.111. The van der Waals surface area contributed by atoms with Crippen LogP contribution in [-0.2, 0) is 22.5 Å². The van der Waals surface area contributed by atoms with Gasteiger partial charge in [0, 0.05) is 17.9 Å². The van der Waals surface area contributed by atoms with Gasteiger partial charge in [-0.3, -0.25) is 0 Å². The molecule has 35 heavy (non-hydrogen) atoms. The summed E-state index contributed by atoms with van der Waals surface area (Å²) in [5.74, 6) is 0.473. The van der Waals surface area contributed by atoms with E-state index in [4.69, 9.17) is 25.8 Å². The van der Waals surface area contributed by atoms with E-state index >= 15 is 0 Å². The van der Waals surface area contributed by atoms with E-state index in [0.29, 0.717) is 37.5 Å². The van der Waals surface area contributed by atoms with Crippen LogP contribution >= 0.6 is 11.6 Å². The van der Waals surface area contributed by atoms with Crippen molar-refractivity contribution >= 4 is 11.6 Å². The first-order valence-electron chi connectivity index (χ1n) is 11.8. The molecule has 0 aliphatic carbocycles. The van der Waals surface area contributed by atoms with Crippen molar-refractivity contribution in [2.75, 3.05) is 13.2 Å². The third-order valence-electron chi connectivity index (χ3n) is 6.63. The zero-order chi connectivity index (χ0) is 24.4. The molecule has 0 spiro atoms. The van der Waals surface area contributed by atoms with Crippen LogP contribution in [0.1, 0.15) is 52.9 Å². The highest BCUT2D eigenvalue weighted by atomic mass is 35.5. The first-order chi connectivity index (χ1) is 17.0. The van der Waals surface area contributed by atoms with Crippen LogP contribution in [0.4, 0.5) is 4.39 Å². The van der Waals surface area contributed by atoms with Crippen LogP contribution in [-0.4, -0.2) is 35.6 Å². The smallest absolute Gasteiger partial charge is 0.123 e. The molecule has 0 aromatic heterocycles. The molecule has 1 fully saturated rings. The number of halogens is 2. The summed E-state index contributed by atoms with van der Waals surface area (Å²) < 4.78 is 31.0. The fourth-order valence-corrected chi connectivity index (χ4v) is 4.96. The van der Waals surface area contributed by atoms with Crippen molar-refractivity contribution in [1.29, 1.82) is 0 Å². The molecule has 1 saturated heterocycles. The lowest BCUT2D eigenvalue weighted by atomic mass is 9.94. The molecule has 5 nitrogen and oxygen atoms in total. The molecule has 3 aromatic carbocycles. The van der Waals surface area contributed by atoms with E-state index in [1.165, 1.54) is 12.1 Å². The highest BCUT2D eigenvalue weighted by Crippen LogP contribution is 2.34. The second-order valence-electron chi connectivity index (χ2n) is 9.18. The second kappa shape index (κ2) is 10.6. The Labute approximate surface area is 209 Å². The van der Waals surface area contributed by atoms with Crippen molar-refractivity contribution in [3.63, 3.8) is 0 Å². The fourth-order valence-electron chi connectivity index (χ4n) is 4.78. The summed E-state index contributed by atoms with van der Waals surface area (Å²) in [5, 5.41) is 20.3. The van der Waals surface area contributed by atoms with Gasteiger partial charge in [0.05, 0.1) is 31.5 Å². The summed E-state index contributed by atoms with van der Waals surface area (Å²) in [6.07, 6.45) is 0.227. The molecule has 3 aromatic rings. The number of ether oxygens (including phenoxy) is 3. The number of rotatable bonds is 7. The molecule has 2 heterocycles. The second-order valence-corrected chi connectivity index (χ2v) is 9.59. The van der Waals surface area contributed by atoms with Crippen molar-refractivity contribution < 1.29 is 28.8 Å². The van der Waals surface area contributed by atoms with Crippen LogP contribution in [0.15, 0.2) is 60.7 Å². The van der Waals surface area contributed by atoms with Gasteiger partial charge in [-0.15, -0.1) is 0 Å². The number of benzene rings is 3. The minimum atomic E-state index is -0.498. The number of fused-ring (bicyclic) bond motifs is 1. The molecule has 2 N–H and O–H groups in total. The quantitative estimate of drug-likeness (QED) is 0.463. The summed E-state index contributed by atoms with van der Waals surface area (Å²) in [4.78, 5) is 0. The van der Waals surface area contributed by atoms with Gasteiger partial charge in [0.1, 0.15) is 24.3 Å². The highest BCUT2D eigenvalue weighted by molar-refractivity contribution is 6.31. The molecule has 0 unspecified atom stereocenters. The van der Waals surface area contributed by atoms with Crippen LogP contribution in [0.5, 0.6) is 5.75 Å². The van der Waals surface area contributed by atoms with Crippen molar-refractivity contribution in [2.45, 2.75) is 50.3 Å². The number of hydrogen-bond acceptors (Lipinski definition) is 5. The van der Waals surface area contributed by atoms with Gasteiger partial charge in [-0.05, 0) is 64.6 Å². The Kier molecular flexibility index (Phi) is 7.37. The van der Waals surface area contributed by atoms with Crippen molar-refractivity contribution in [2.24, 2.45) is 0 Å². The third-order valence-corrected chi connectivity index (χ3v) is 7.00. The maximum absolute atomic E-state index is 13.4. The van der Waals surface area contributed by atoms with Gasteiger partial charge < -0.3 is 24.4 Å². The average molecular weight is 499 g/mol. The van der Waals surface area contributed by atoms with E-state index in [1.807, 2.05) is 42.5 Å². The predicted molar refractivity (Wildman–Crippen MR) is 130 cm³/mol. The third kappa shape index (κ3) is 5.68. The van der Waals surface area contributed by atoms with Gasteiger partial charge >= 0.3 is 0 Å². The zero-order valence-electron chi connectivity index (χ0n) is 19.2. The first-order valence-corrected chi connectivity index (χ1v) is 12.2. The monoisotopic (exact) mass is 498 g/mol. The lowest BCUT2D eigenvalue weighted by Gasteiger charge is -2.32. The number of hydrogen-bond donors (Lipinski definition) is 2. The lowest BCUT2D eigenvalue weighted by molar-refractivity contribution is -0.113. The van der Waals surface area contributed by atoms with E-state index in [0.717, 1.165) is 33.6 Å². The molecule has 0 radical (unpaired) electrons. The van der Waals surface area contributed by atoms with E-state index in [-0.39, 0.29) is 30.7 Å². The van der Waals surface area contributed by atoms with Gasteiger partial charge in [0.25, 0.3) is 0 Å². The van der Waals surface area contributed by atoms with Gasteiger partial charge in [-0.2, -0.15) is 0 Å². The Hall–Kier alpha value is -2.48. The zero-order valence-corrected chi connectivity index (χ0v) is 20.0. The Morgan fingerprint density at radius 1 is 1.03 bits per heavy atom. The Morgan fingerprint density at radius 3 is 2.66 bits per heavy atom. The summed E-state index contributed by atoms with van der Waals surface area (Å²) in [5.41, 5.74) is 4.82. The molecule has 184 valence electrons. The molecule has 0 saturated carbocycles. The molecule has 0 amide bonds. The Morgan fingerprint density at radius 2 is 1.86 bits per heavy atom. The fraction of sp³-hybridized carbons (Fsp3) is 0.357. The van der Waals surface area contributed by atoms with Gasteiger partial charge in [0.15, 0.2) is 0 Å². The summed E-state index contributed by atoms with van der Waals surface area (Å²) in [6, 6.07) is 18.3. The summed E-state index contributed by atoms with van der Waals surface area (Å²) in [6.45, 7) is 0.639. The highest BCUT2D eigenvalue weighted by Gasteiger charge is 2.29. The molecule has 7 heteroatoms. The summed E-state index contributed by atoms with van der Waals surface area (Å²) >= 11 is 6.48. The van der Waals surface area contributed by atoms with Gasteiger partial charge in [-0.25, -0.2) is 4.39 Å². The topological polar surface area (TPSA) is 68.2 Å². The van der Waals surface area contributed by atoms with Crippen LogP contribution in [0.25, 0.3) is 0 Å². The largest absolute Gasteiger partial charge is 0.491 e. The maximum atomic E-state index is 13.4. The van der Waals surface area contributed by atoms with Crippen molar-refractivity contribution in [1.82, 2.24) is 0 Å². The Bertz CT molecular complexity index is 1170. The average Bonchev–Trinajstić information content (AvgIpc) is 3.26. The number of aliphatic hydroxyl groups excluding tert-OH is 2. The van der Waals surface area contributed by atoms with E-state index in [2.05, 4.69) is 0 Å². The standard InChI is InChI=1S/C28H28ClFO5/c29-26-8-3-18(27-13-22(32)12-24(14-31)35-27)10-19(26)9-17-1-5-23(6-2-17)33-16-28-25-7-4-21(30)11-20(25)15-34-28/h1-8,10-11,22,24,27-28,31-32H,9,12-16H2/t22-,24-,27+,28+/m0/s1. The molecule has 4 atom stereocenters. The number of aliphatic hydroxyl groups is 2. The predicted octanol–water partition coefficient (Wildman–Crippen LogP) is 5.29. The molecule has 2 aliphatic rings. The SMILES string of the molecule is OC[C@@H]1C[C@H](O)C[C@H](c2ccc(Cl)c(Cc3ccc(OC[C@H]4OCc5cc(F)ccc54)cc3)c2)O1. The Balaban J connectivity index is 1.22. The lowest BCUT2D eigenvalue weighted by Crippen LogP contribution is -2.33. The minimum Gasteiger partial charge on any atom is -0.491 e. The van der Waals surface area contributed by atoms with E-state index in [1.54, 1.807) is 6.07 Å².